The Morgan fingerprint density at radius 1 is 0.878 bits per heavy atom. The van der Waals surface area contributed by atoms with Gasteiger partial charge in [0.2, 0.25) is 17.7 Å². The highest BCUT2D eigenvalue weighted by molar-refractivity contribution is 5.94. The second kappa shape index (κ2) is 17.2. The van der Waals surface area contributed by atoms with E-state index in [1.54, 1.807) is 24.1 Å². The van der Waals surface area contributed by atoms with Crippen molar-refractivity contribution in [2.75, 3.05) is 20.7 Å². The number of benzene rings is 3. The van der Waals surface area contributed by atoms with E-state index in [4.69, 9.17) is 4.74 Å². The fourth-order valence-corrected chi connectivity index (χ4v) is 7.24. The van der Waals surface area contributed by atoms with Crippen LogP contribution < -0.4 is 21.3 Å². The van der Waals surface area contributed by atoms with Crippen LogP contribution in [0.1, 0.15) is 78.5 Å². The van der Waals surface area contributed by atoms with Gasteiger partial charge in [-0.1, -0.05) is 79.7 Å². The molecule has 10 nitrogen and oxygen atoms in total. The second-order valence-electron chi connectivity index (χ2n) is 13.0. The third-order valence-corrected chi connectivity index (χ3v) is 9.99. The maximum absolute atomic E-state index is 14.5. The van der Waals surface area contributed by atoms with Crippen LogP contribution in [0.25, 0.3) is 0 Å². The lowest BCUT2D eigenvalue weighted by Crippen LogP contribution is -2.58. The van der Waals surface area contributed by atoms with Crippen molar-refractivity contribution in [3.05, 3.63) is 107 Å². The molecule has 0 aromatic heterocycles. The highest BCUT2D eigenvalue weighted by Gasteiger charge is 2.47. The molecule has 0 bridgehead atoms. The van der Waals surface area contributed by atoms with E-state index in [0.717, 1.165) is 36.0 Å². The van der Waals surface area contributed by atoms with Gasteiger partial charge in [-0.15, -0.1) is 0 Å². The van der Waals surface area contributed by atoms with Crippen LogP contribution in [0.15, 0.2) is 84.9 Å². The summed E-state index contributed by atoms with van der Waals surface area (Å²) in [5.74, 6) is -1.05. The Bertz CT molecular complexity index is 1510. The number of likely N-dealkylation sites (N-methyl/N-ethyl adjacent to an activating group) is 1. The monoisotopic (exact) mass is 667 g/mol. The number of ether oxygens (including phenoxy) is 1. The normalized spacial score (nSPS) is 21.1. The number of fused-ring (bicyclic) bond motifs is 1. The summed E-state index contributed by atoms with van der Waals surface area (Å²) < 4.78 is 4.79. The van der Waals surface area contributed by atoms with Gasteiger partial charge in [-0.05, 0) is 86.9 Å². The third-order valence-electron chi connectivity index (χ3n) is 9.99. The summed E-state index contributed by atoms with van der Waals surface area (Å²) in [6.07, 6.45) is 4.11. The predicted octanol–water partition coefficient (Wildman–Crippen LogP) is 4.11. The second-order valence-corrected chi connectivity index (χ2v) is 13.0. The van der Waals surface area contributed by atoms with Crippen molar-refractivity contribution >= 4 is 23.7 Å². The van der Waals surface area contributed by atoms with E-state index < -0.39 is 18.1 Å². The van der Waals surface area contributed by atoms with E-state index in [2.05, 4.69) is 21.3 Å². The first-order chi connectivity index (χ1) is 23.8. The summed E-state index contributed by atoms with van der Waals surface area (Å²) in [6.45, 7) is 3.16. The van der Waals surface area contributed by atoms with Crippen LogP contribution in [0.2, 0.25) is 0 Å². The summed E-state index contributed by atoms with van der Waals surface area (Å²) >= 11 is 0. The lowest BCUT2D eigenvalue weighted by molar-refractivity contribution is -0.143. The SMILES string of the molecule is CC[C@H](NC)C(=O)N[C@@H]1C(=O)N2[C@@H](CC[C@@H]1CCNCc1ccc(C(=O)OC)cc1)CC[C@H]2C(=O)NC(c1ccccc1)c1ccccc1. The van der Waals surface area contributed by atoms with Crippen molar-refractivity contribution in [1.29, 1.82) is 0 Å². The molecule has 49 heavy (non-hydrogen) atoms. The zero-order chi connectivity index (χ0) is 34.8. The van der Waals surface area contributed by atoms with Crippen LogP contribution in [0.5, 0.6) is 0 Å². The molecule has 3 aromatic rings. The number of rotatable bonds is 14. The number of hydrogen-bond donors (Lipinski definition) is 4. The lowest BCUT2D eigenvalue weighted by Gasteiger charge is -2.33. The molecule has 0 unspecified atom stereocenters. The van der Waals surface area contributed by atoms with Gasteiger partial charge < -0.3 is 30.9 Å². The maximum Gasteiger partial charge on any atom is 0.337 e. The Morgan fingerprint density at radius 3 is 2.10 bits per heavy atom. The van der Waals surface area contributed by atoms with Crippen LogP contribution in [0.3, 0.4) is 0 Å². The molecule has 260 valence electrons. The molecule has 3 amide bonds. The van der Waals surface area contributed by atoms with Crippen molar-refractivity contribution in [3.63, 3.8) is 0 Å². The number of amides is 3. The van der Waals surface area contributed by atoms with Gasteiger partial charge in [-0.3, -0.25) is 14.4 Å². The molecule has 4 N–H and O–H groups in total. The summed E-state index contributed by atoms with van der Waals surface area (Å²) in [7, 11) is 3.11. The summed E-state index contributed by atoms with van der Waals surface area (Å²) in [5.41, 5.74) is 3.45. The van der Waals surface area contributed by atoms with E-state index in [-0.39, 0.29) is 41.7 Å². The van der Waals surface area contributed by atoms with Crippen LogP contribution in [-0.2, 0) is 25.7 Å². The minimum atomic E-state index is -0.742. The Hall–Kier alpha value is -4.54. The molecule has 5 atom stereocenters. The molecule has 0 aliphatic carbocycles. The molecule has 2 heterocycles. The number of methoxy groups -OCH3 is 1. The molecule has 10 heteroatoms. The highest BCUT2D eigenvalue weighted by atomic mass is 16.5. The van der Waals surface area contributed by atoms with Gasteiger partial charge >= 0.3 is 5.97 Å². The number of nitrogens with zero attached hydrogens (tertiary/aromatic N) is 1. The number of nitrogens with one attached hydrogen (secondary N) is 4. The van der Waals surface area contributed by atoms with Crippen LogP contribution >= 0.6 is 0 Å². The molecular formula is C39H49N5O5. The first-order valence-electron chi connectivity index (χ1n) is 17.4. The molecule has 0 saturated carbocycles. The average molecular weight is 668 g/mol. The van der Waals surface area contributed by atoms with E-state index >= 15 is 0 Å². The molecule has 0 spiro atoms. The topological polar surface area (TPSA) is 129 Å². The molecular weight excluding hydrogens is 618 g/mol. The molecule has 2 fully saturated rings. The van der Waals surface area contributed by atoms with Gasteiger partial charge in [-0.25, -0.2) is 4.79 Å². The van der Waals surface area contributed by atoms with Crippen LogP contribution in [0.4, 0.5) is 0 Å². The zero-order valence-electron chi connectivity index (χ0n) is 28.7. The average Bonchev–Trinajstić information content (AvgIpc) is 3.52. The highest BCUT2D eigenvalue weighted by Crippen LogP contribution is 2.36. The first kappa shape index (κ1) is 35.8. The summed E-state index contributed by atoms with van der Waals surface area (Å²) in [6, 6.07) is 24.8. The van der Waals surface area contributed by atoms with Gasteiger partial charge in [0, 0.05) is 12.6 Å². The predicted molar refractivity (Wildman–Crippen MR) is 188 cm³/mol. The largest absolute Gasteiger partial charge is 0.465 e. The third kappa shape index (κ3) is 8.74. The minimum Gasteiger partial charge on any atom is -0.465 e. The fourth-order valence-electron chi connectivity index (χ4n) is 7.24. The molecule has 2 aliphatic rings. The van der Waals surface area contributed by atoms with E-state index in [0.29, 0.717) is 37.9 Å². The van der Waals surface area contributed by atoms with Crippen LogP contribution in [0, 0.1) is 5.92 Å². The summed E-state index contributed by atoms with van der Waals surface area (Å²) in [4.78, 5) is 55.6. The molecule has 2 aliphatic heterocycles. The van der Waals surface area contributed by atoms with Gasteiger partial charge in [0.25, 0.3) is 0 Å². The van der Waals surface area contributed by atoms with Gasteiger partial charge in [-0.2, -0.15) is 0 Å². The standard InChI is InChI=1S/C39H49N5O5/c1-4-32(40-2)36(45)43-35-29(23-24-41-25-26-15-17-30(18-16-26)39(48)49-3)19-20-31-21-22-33(44(31)38(35)47)37(46)42-34(27-11-7-5-8-12-27)28-13-9-6-10-14-28/h5-18,29,31-35,40-41H,4,19-25H2,1-3H3,(H,42,46)(H,43,45)/t29-,31+,32+,33+,35+/m1/s1. The first-order valence-corrected chi connectivity index (χ1v) is 17.4. The van der Waals surface area contributed by atoms with E-state index in [1.165, 1.54) is 7.11 Å². The summed E-state index contributed by atoms with van der Waals surface area (Å²) in [5, 5.41) is 12.9. The van der Waals surface area contributed by atoms with Crippen molar-refractivity contribution in [1.82, 2.24) is 26.2 Å². The van der Waals surface area contributed by atoms with E-state index in [9.17, 15) is 19.2 Å². The molecule has 5 rings (SSSR count). The Balaban J connectivity index is 1.31. The molecule has 3 aromatic carbocycles. The van der Waals surface area contributed by atoms with Crippen LogP contribution in [-0.4, -0.2) is 73.5 Å². The minimum absolute atomic E-state index is 0.0629. The quantitative estimate of drug-likeness (QED) is 0.151. The van der Waals surface area contributed by atoms with Crippen molar-refractivity contribution in [2.24, 2.45) is 5.92 Å². The Morgan fingerprint density at radius 2 is 1.51 bits per heavy atom. The fraction of sp³-hybridized carbons (Fsp3) is 0.436. The van der Waals surface area contributed by atoms with Crippen molar-refractivity contribution < 1.29 is 23.9 Å². The van der Waals surface area contributed by atoms with Gasteiger partial charge in [0.05, 0.1) is 24.8 Å². The number of carbonyl (C=O) groups excluding carboxylic acids is 4. The zero-order valence-corrected chi connectivity index (χ0v) is 28.7. The number of hydrogen-bond acceptors (Lipinski definition) is 7. The van der Waals surface area contributed by atoms with Gasteiger partial charge in [0.15, 0.2) is 0 Å². The smallest absolute Gasteiger partial charge is 0.337 e. The maximum atomic E-state index is 14.5. The Labute approximate surface area is 289 Å². The Kier molecular flexibility index (Phi) is 12.6. The van der Waals surface area contributed by atoms with Gasteiger partial charge in [0.1, 0.15) is 12.1 Å². The van der Waals surface area contributed by atoms with E-state index in [1.807, 2.05) is 79.7 Å². The van der Waals surface area contributed by atoms with Crippen molar-refractivity contribution in [2.45, 2.75) is 82.2 Å². The number of esters is 1. The van der Waals surface area contributed by atoms with Crippen molar-refractivity contribution in [3.8, 4) is 0 Å². The molecule has 2 saturated heterocycles. The number of carbonyl (C=O) groups is 4. The lowest BCUT2D eigenvalue weighted by atomic mass is 9.90. The molecule has 0 radical (unpaired) electrons.